The van der Waals surface area contributed by atoms with Crippen molar-refractivity contribution < 1.29 is 4.79 Å². The Bertz CT molecular complexity index is 975. The minimum Gasteiger partial charge on any atom is -0.306 e. The normalized spacial score (nSPS) is 13.6. The number of nitrogens with zero attached hydrogens (tertiary/aromatic N) is 4. The molecule has 1 aliphatic rings. The predicted octanol–water partition coefficient (Wildman–Crippen LogP) is 4.98. The van der Waals surface area contributed by atoms with E-state index in [0.29, 0.717) is 16.8 Å². The van der Waals surface area contributed by atoms with E-state index in [9.17, 15) is 4.79 Å². The van der Waals surface area contributed by atoms with Crippen molar-refractivity contribution in [3.8, 4) is 11.3 Å². The van der Waals surface area contributed by atoms with Crippen LogP contribution >= 0.6 is 23.1 Å². The minimum atomic E-state index is -0.0761. The van der Waals surface area contributed by atoms with Crippen molar-refractivity contribution in [2.75, 3.05) is 11.1 Å². The number of carbonyl (C=O) groups excluding carboxylic acids is 1. The molecule has 0 aliphatic heterocycles. The number of anilines is 1. The molecule has 0 bridgehead atoms. The van der Waals surface area contributed by atoms with Crippen molar-refractivity contribution in [3.63, 3.8) is 0 Å². The number of rotatable bonds is 9. The van der Waals surface area contributed by atoms with Gasteiger partial charge in [-0.15, -0.1) is 21.5 Å². The zero-order chi connectivity index (χ0) is 20.2. The minimum absolute atomic E-state index is 0.0761. The number of aryl methyl sites for hydroxylation is 1. The Kier molecular flexibility index (Phi) is 6.30. The first-order valence-electron chi connectivity index (χ1n) is 10.1. The number of thioether (sulfide) groups is 1. The lowest BCUT2D eigenvalue weighted by Crippen LogP contribution is -2.14. The summed E-state index contributed by atoms with van der Waals surface area (Å²) in [6.07, 6.45) is 4.61. The lowest BCUT2D eigenvalue weighted by molar-refractivity contribution is -0.113. The number of hydrogen-bond acceptors (Lipinski definition) is 6. The van der Waals surface area contributed by atoms with Crippen molar-refractivity contribution in [3.05, 3.63) is 41.0 Å². The molecule has 3 aromatic rings. The summed E-state index contributed by atoms with van der Waals surface area (Å²) in [5.41, 5.74) is 3.29. The number of nitrogens with one attached hydrogen (secondary N) is 1. The molecular formula is C21H25N5OS2. The Morgan fingerprint density at radius 2 is 2.03 bits per heavy atom. The van der Waals surface area contributed by atoms with Crippen LogP contribution in [0.1, 0.15) is 50.4 Å². The molecule has 152 valence electrons. The first-order chi connectivity index (χ1) is 14.2. The van der Waals surface area contributed by atoms with E-state index in [1.165, 1.54) is 41.5 Å². The lowest BCUT2D eigenvalue weighted by atomic mass is 10.1. The van der Waals surface area contributed by atoms with Gasteiger partial charge in [-0.05, 0) is 31.7 Å². The average Bonchev–Trinajstić information content (AvgIpc) is 3.33. The number of carbonyl (C=O) groups is 1. The van der Waals surface area contributed by atoms with E-state index >= 15 is 0 Å². The molecule has 1 aromatic carbocycles. The largest absolute Gasteiger partial charge is 0.306 e. The van der Waals surface area contributed by atoms with Crippen LogP contribution in [0.25, 0.3) is 11.3 Å². The van der Waals surface area contributed by atoms with Crippen LogP contribution in [-0.4, -0.2) is 31.4 Å². The van der Waals surface area contributed by atoms with Crippen molar-refractivity contribution in [2.45, 2.75) is 57.1 Å². The smallest absolute Gasteiger partial charge is 0.236 e. The second-order valence-electron chi connectivity index (χ2n) is 7.18. The van der Waals surface area contributed by atoms with E-state index in [1.807, 2.05) is 5.38 Å². The molecule has 29 heavy (non-hydrogen) atoms. The zero-order valence-corrected chi connectivity index (χ0v) is 18.4. The van der Waals surface area contributed by atoms with Gasteiger partial charge < -0.3 is 9.88 Å². The Hall–Kier alpha value is -2.19. The summed E-state index contributed by atoms with van der Waals surface area (Å²) in [5.74, 6) is 1.83. The first kappa shape index (κ1) is 20.1. The molecule has 0 unspecified atom stereocenters. The summed E-state index contributed by atoms with van der Waals surface area (Å²) in [7, 11) is 0. The van der Waals surface area contributed by atoms with Gasteiger partial charge in [0, 0.05) is 23.4 Å². The number of aromatic nitrogens is 4. The van der Waals surface area contributed by atoms with Crippen LogP contribution in [0.2, 0.25) is 0 Å². The highest BCUT2D eigenvalue weighted by Crippen LogP contribution is 2.40. The van der Waals surface area contributed by atoms with Crippen LogP contribution in [0.5, 0.6) is 0 Å². The van der Waals surface area contributed by atoms with Crippen LogP contribution in [0.15, 0.2) is 34.8 Å². The van der Waals surface area contributed by atoms with Crippen molar-refractivity contribution >= 4 is 34.1 Å². The van der Waals surface area contributed by atoms with Crippen LogP contribution < -0.4 is 5.32 Å². The summed E-state index contributed by atoms with van der Waals surface area (Å²) in [4.78, 5) is 16.9. The van der Waals surface area contributed by atoms with E-state index in [1.54, 1.807) is 0 Å². The van der Waals surface area contributed by atoms with Gasteiger partial charge in [0.2, 0.25) is 5.91 Å². The van der Waals surface area contributed by atoms with Gasteiger partial charge >= 0.3 is 0 Å². The molecule has 0 saturated heterocycles. The maximum Gasteiger partial charge on any atom is 0.236 e. The molecular weight excluding hydrogens is 402 g/mol. The van der Waals surface area contributed by atoms with Gasteiger partial charge in [0.1, 0.15) is 5.82 Å². The maximum absolute atomic E-state index is 12.4. The van der Waals surface area contributed by atoms with Gasteiger partial charge in [-0.1, -0.05) is 49.4 Å². The SMILES string of the molecule is CCCc1ccc(-c2csc(NC(=O)CSc3nnc(C4CC4)n3CC)n2)cc1. The molecule has 4 rings (SSSR count). The highest BCUT2D eigenvalue weighted by atomic mass is 32.2. The van der Waals surface area contributed by atoms with Crippen LogP contribution in [-0.2, 0) is 17.8 Å². The highest BCUT2D eigenvalue weighted by molar-refractivity contribution is 7.99. The van der Waals surface area contributed by atoms with Gasteiger partial charge in [0.05, 0.1) is 11.4 Å². The fourth-order valence-electron chi connectivity index (χ4n) is 3.23. The van der Waals surface area contributed by atoms with Gasteiger partial charge in [-0.25, -0.2) is 4.98 Å². The maximum atomic E-state index is 12.4. The Balaban J connectivity index is 1.33. The molecule has 0 atom stereocenters. The van der Waals surface area contributed by atoms with Gasteiger partial charge in [0.15, 0.2) is 10.3 Å². The van der Waals surface area contributed by atoms with Crippen molar-refractivity contribution in [1.82, 2.24) is 19.7 Å². The molecule has 2 heterocycles. The Morgan fingerprint density at radius 3 is 2.72 bits per heavy atom. The third-order valence-electron chi connectivity index (χ3n) is 4.88. The molecule has 1 saturated carbocycles. The summed E-state index contributed by atoms with van der Waals surface area (Å²) in [6.45, 7) is 5.10. The second-order valence-corrected chi connectivity index (χ2v) is 8.98. The van der Waals surface area contributed by atoms with Crippen LogP contribution in [0.3, 0.4) is 0 Å². The van der Waals surface area contributed by atoms with Crippen molar-refractivity contribution in [1.29, 1.82) is 0 Å². The third-order valence-corrected chi connectivity index (χ3v) is 6.60. The Labute approximate surface area is 179 Å². The van der Waals surface area contributed by atoms with Crippen molar-refractivity contribution in [2.24, 2.45) is 0 Å². The molecule has 6 nitrogen and oxygen atoms in total. The highest BCUT2D eigenvalue weighted by Gasteiger charge is 2.30. The van der Waals surface area contributed by atoms with E-state index in [0.717, 1.165) is 41.6 Å². The summed E-state index contributed by atoms with van der Waals surface area (Å²) in [5, 5.41) is 14.9. The van der Waals surface area contributed by atoms with E-state index in [-0.39, 0.29) is 5.91 Å². The van der Waals surface area contributed by atoms with E-state index < -0.39 is 0 Å². The first-order valence-corrected chi connectivity index (χ1v) is 11.9. The monoisotopic (exact) mass is 427 g/mol. The standard InChI is InChI=1S/C21H25N5OS2/c1-3-5-14-6-8-15(9-7-14)17-12-28-20(22-17)23-18(27)13-29-21-25-24-19(16-10-11-16)26(21)4-2/h6-9,12,16H,3-5,10-11,13H2,1-2H3,(H,22,23,27). The molecule has 0 spiro atoms. The molecule has 1 amide bonds. The quantitative estimate of drug-likeness (QED) is 0.488. The fraction of sp³-hybridized carbons (Fsp3) is 0.429. The molecule has 0 radical (unpaired) electrons. The molecule has 2 aromatic heterocycles. The fourth-order valence-corrected chi connectivity index (χ4v) is 4.77. The predicted molar refractivity (Wildman–Crippen MR) is 119 cm³/mol. The number of hydrogen-bond donors (Lipinski definition) is 1. The van der Waals surface area contributed by atoms with Gasteiger partial charge in [-0.3, -0.25) is 4.79 Å². The molecule has 1 aliphatic carbocycles. The topological polar surface area (TPSA) is 72.7 Å². The van der Waals surface area contributed by atoms with Crippen LogP contribution in [0.4, 0.5) is 5.13 Å². The summed E-state index contributed by atoms with van der Waals surface area (Å²) >= 11 is 2.88. The Morgan fingerprint density at radius 1 is 1.24 bits per heavy atom. The number of benzene rings is 1. The molecule has 1 fully saturated rings. The lowest BCUT2D eigenvalue weighted by Gasteiger charge is -2.06. The second kappa shape index (κ2) is 9.09. The van der Waals surface area contributed by atoms with E-state index in [2.05, 4.69) is 63.2 Å². The zero-order valence-electron chi connectivity index (χ0n) is 16.7. The third kappa shape index (κ3) is 4.87. The molecule has 1 N–H and O–H groups in total. The number of thiazole rings is 1. The van der Waals surface area contributed by atoms with E-state index in [4.69, 9.17) is 0 Å². The van der Waals surface area contributed by atoms with Gasteiger partial charge in [-0.2, -0.15) is 0 Å². The molecule has 8 heteroatoms. The average molecular weight is 428 g/mol. The number of amides is 1. The van der Waals surface area contributed by atoms with Crippen LogP contribution in [0, 0.1) is 0 Å². The van der Waals surface area contributed by atoms with Gasteiger partial charge in [0.25, 0.3) is 0 Å². The summed E-state index contributed by atoms with van der Waals surface area (Å²) in [6, 6.07) is 8.48. The summed E-state index contributed by atoms with van der Waals surface area (Å²) < 4.78 is 2.12.